The Labute approximate surface area is 286 Å². The number of carbonyl (C=O) groups is 2. The largest absolute Gasteiger partial charge is 0.497 e. The predicted molar refractivity (Wildman–Crippen MR) is 186 cm³/mol. The van der Waals surface area contributed by atoms with Crippen molar-refractivity contribution < 1.29 is 23.8 Å². The minimum atomic E-state index is -0.391. The van der Waals surface area contributed by atoms with Crippen LogP contribution in [0.1, 0.15) is 44.6 Å². The lowest BCUT2D eigenvalue weighted by molar-refractivity contribution is -0.130. The van der Waals surface area contributed by atoms with Crippen molar-refractivity contribution in [2.75, 3.05) is 27.1 Å². The summed E-state index contributed by atoms with van der Waals surface area (Å²) in [5.41, 5.74) is 3.96. The highest BCUT2D eigenvalue weighted by Crippen LogP contribution is 2.42. The van der Waals surface area contributed by atoms with E-state index in [1.165, 1.54) is 11.8 Å². The van der Waals surface area contributed by atoms with Gasteiger partial charge in [0.1, 0.15) is 5.75 Å². The molecule has 1 aliphatic heterocycles. The van der Waals surface area contributed by atoms with Crippen molar-refractivity contribution >= 4 is 40.6 Å². The molecule has 1 aliphatic rings. The van der Waals surface area contributed by atoms with Gasteiger partial charge in [-0.25, -0.2) is 5.01 Å². The quantitative estimate of drug-likeness (QED) is 0.158. The number of thioether (sulfide) groups is 1. The third-order valence-electron chi connectivity index (χ3n) is 7.79. The van der Waals surface area contributed by atoms with Crippen LogP contribution in [0.5, 0.6) is 17.2 Å². The summed E-state index contributed by atoms with van der Waals surface area (Å²) >= 11 is 2.84. The summed E-state index contributed by atoms with van der Waals surface area (Å²) in [4.78, 5) is 28.0. The third-order valence-corrected chi connectivity index (χ3v) is 9.62. The van der Waals surface area contributed by atoms with Crippen LogP contribution >= 0.6 is 23.1 Å². The molecule has 1 atom stereocenters. The number of hydrazone groups is 1. The maximum atomic E-state index is 14.0. The third kappa shape index (κ3) is 6.92. The number of para-hydroxylation sites is 1. The van der Waals surface area contributed by atoms with E-state index in [0.717, 1.165) is 27.4 Å². The number of amides is 2. The summed E-state index contributed by atoms with van der Waals surface area (Å²) < 4.78 is 18.4. The maximum Gasteiger partial charge on any atom is 0.253 e. The molecule has 3 aromatic carbocycles. The first-order valence-electron chi connectivity index (χ1n) is 15.1. The molecule has 11 nitrogen and oxygen atoms in total. The summed E-state index contributed by atoms with van der Waals surface area (Å²) in [6.07, 6.45) is 0.525. The second-order valence-corrected chi connectivity index (χ2v) is 12.7. The molecule has 2 aromatic heterocycles. The molecule has 6 rings (SSSR count). The lowest BCUT2D eigenvalue weighted by atomic mass is 9.99. The molecule has 0 fully saturated rings. The van der Waals surface area contributed by atoms with E-state index in [-0.39, 0.29) is 24.1 Å². The van der Waals surface area contributed by atoms with Crippen LogP contribution in [0.25, 0.3) is 5.69 Å². The van der Waals surface area contributed by atoms with E-state index < -0.39 is 6.04 Å². The average Bonchev–Trinajstić information content (AvgIpc) is 3.89. The highest BCUT2D eigenvalue weighted by molar-refractivity contribution is 7.99. The van der Waals surface area contributed by atoms with Gasteiger partial charge in [0.05, 0.1) is 50.3 Å². The first-order chi connectivity index (χ1) is 23.4. The molecule has 0 aliphatic carbocycles. The van der Waals surface area contributed by atoms with Crippen LogP contribution in [0.2, 0.25) is 0 Å². The van der Waals surface area contributed by atoms with Gasteiger partial charge in [-0.3, -0.25) is 14.2 Å². The van der Waals surface area contributed by atoms with Gasteiger partial charge < -0.3 is 19.5 Å². The van der Waals surface area contributed by atoms with Gasteiger partial charge in [-0.2, -0.15) is 5.10 Å². The Bertz CT molecular complexity index is 1960. The fraction of sp³-hybridized carbons (Fsp3) is 0.229. The predicted octanol–water partition coefficient (Wildman–Crippen LogP) is 6.06. The van der Waals surface area contributed by atoms with Gasteiger partial charge in [-0.05, 0) is 60.3 Å². The number of benzene rings is 3. The molecule has 13 heteroatoms. The zero-order valence-electron chi connectivity index (χ0n) is 26.9. The van der Waals surface area contributed by atoms with E-state index in [1.807, 2.05) is 71.5 Å². The second-order valence-electron chi connectivity index (χ2n) is 10.8. The van der Waals surface area contributed by atoms with Gasteiger partial charge in [0, 0.05) is 23.2 Å². The van der Waals surface area contributed by atoms with Crippen LogP contribution in [0, 0.1) is 6.92 Å². The zero-order valence-corrected chi connectivity index (χ0v) is 28.5. The van der Waals surface area contributed by atoms with E-state index in [2.05, 4.69) is 15.5 Å². The standard InChI is InChI=1S/C35H34N6O5S2/c1-22-9-5-11-24(17-22)40-31(20-36-34(43)23-10-6-12-25(18-23)44-2)37-38-35(40)48-21-32(42)41-28(19-27(39-41)30-15-8-16-47-30)26-13-7-14-29(45-3)33(26)46-4/h5-18,28H,19-21H2,1-4H3,(H,36,43)/t28-/m1/s1. The van der Waals surface area contributed by atoms with E-state index in [4.69, 9.17) is 19.3 Å². The zero-order chi connectivity index (χ0) is 33.6. The van der Waals surface area contributed by atoms with E-state index in [9.17, 15) is 9.59 Å². The molecule has 0 saturated heterocycles. The number of nitrogens with zero attached hydrogens (tertiary/aromatic N) is 5. The molecular weight excluding hydrogens is 649 g/mol. The van der Waals surface area contributed by atoms with Crippen molar-refractivity contribution in [3.63, 3.8) is 0 Å². The summed E-state index contributed by atoms with van der Waals surface area (Å²) in [6, 6.07) is 24.1. The van der Waals surface area contributed by atoms with Crippen LogP contribution in [-0.2, 0) is 11.3 Å². The Morgan fingerprint density at radius 2 is 1.79 bits per heavy atom. The highest BCUT2D eigenvalue weighted by Gasteiger charge is 2.36. The fourth-order valence-corrected chi connectivity index (χ4v) is 7.05. The van der Waals surface area contributed by atoms with E-state index in [1.54, 1.807) is 61.9 Å². The van der Waals surface area contributed by atoms with Crippen LogP contribution in [0.3, 0.4) is 0 Å². The number of nitrogens with one attached hydrogen (secondary N) is 1. The molecule has 0 bridgehead atoms. The topological polar surface area (TPSA) is 120 Å². The molecular formula is C35H34N6O5S2. The monoisotopic (exact) mass is 682 g/mol. The molecule has 5 aromatic rings. The number of thiophene rings is 1. The number of carbonyl (C=O) groups excluding carboxylic acids is 2. The van der Waals surface area contributed by atoms with Crippen molar-refractivity contribution in [2.24, 2.45) is 5.10 Å². The number of methoxy groups -OCH3 is 3. The Morgan fingerprint density at radius 3 is 2.54 bits per heavy atom. The number of aryl methyl sites for hydroxylation is 1. The summed E-state index contributed by atoms with van der Waals surface area (Å²) in [6.45, 7) is 2.11. The summed E-state index contributed by atoms with van der Waals surface area (Å²) in [5.74, 6) is 1.83. The van der Waals surface area contributed by atoms with E-state index in [0.29, 0.717) is 40.2 Å². The Balaban J connectivity index is 1.26. The summed E-state index contributed by atoms with van der Waals surface area (Å²) in [7, 11) is 4.74. The first-order valence-corrected chi connectivity index (χ1v) is 17.0. The molecule has 0 radical (unpaired) electrons. The molecule has 0 spiro atoms. The average molecular weight is 683 g/mol. The van der Waals surface area contributed by atoms with Crippen molar-refractivity contribution in [1.82, 2.24) is 25.1 Å². The molecule has 3 heterocycles. The van der Waals surface area contributed by atoms with Gasteiger partial charge in [0.25, 0.3) is 11.8 Å². The number of rotatable bonds is 12. The lowest BCUT2D eigenvalue weighted by Crippen LogP contribution is -2.29. The normalized spacial score (nSPS) is 14.0. The fourth-order valence-electron chi connectivity index (χ4n) is 5.50. The number of hydrogen-bond acceptors (Lipinski definition) is 10. The summed E-state index contributed by atoms with van der Waals surface area (Å²) in [5, 5.41) is 20.7. The van der Waals surface area contributed by atoms with Gasteiger partial charge in [-0.1, -0.05) is 48.2 Å². The van der Waals surface area contributed by atoms with Crippen LogP contribution in [0.15, 0.2) is 94.5 Å². The Hall–Kier alpha value is -5.14. The second kappa shape index (κ2) is 14.7. The number of aromatic nitrogens is 3. The number of hydrogen-bond donors (Lipinski definition) is 1. The lowest BCUT2D eigenvalue weighted by Gasteiger charge is -2.24. The van der Waals surface area contributed by atoms with Crippen LogP contribution < -0.4 is 19.5 Å². The molecule has 246 valence electrons. The first kappa shape index (κ1) is 32.8. The maximum absolute atomic E-state index is 14.0. The molecule has 2 amide bonds. The minimum absolute atomic E-state index is 0.0458. The highest BCUT2D eigenvalue weighted by atomic mass is 32.2. The van der Waals surface area contributed by atoms with Gasteiger partial charge in [0.2, 0.25) is 0 Å². The SMILES string of the molecule is COc1cccc(C(=O)NCc2nnc(SCC(=O)N3N=C(c4cccs4)C[C@@H]3c3cccc(OC)c3OC)n2-c2cccc(C)c2)c1. The van der Waals surface area contributed by atoms with Gasteiger partial charge in [-0.15, -0.1) is 21.5 Å². The van der Waals surface area contributed by atoms with Crippen molar-refractivity contribution in [3.8, 4) is 22.9 Å². The van der Waals surface area contributed by atoms with Crippen LogP contribution in [0.4, 0.5) is 0 Å². The Morgan fingerprint density at radius 1 is 0.958 bits per heavy atom. The molecule has 1 N–H and O–H groups in total. The van der Waals surface area contributed by atoms with Crippen molar-refractivity contribution in [3.05, 3.63) is 112 Å². The van der Waals surface area contributed by atoms with E-state index >= 15 is 0 Å². The van der Waals surface area contributed by atoms with Gasteiger partial charge in [0.15, 0.2) is 22.5 Å². The molecule has 0 unspecified atom stereocenters. The van der Waals surface area contributed by atoms with Crippen molar-refractivity contribution in [2.45, 2.75) is 31.1 Å². The molecule has 48 heavy (non-hydrogen) atoms. The molecule has 0 saturated carbocycles. The smallest absolute Gasteiger partial charge is 0.253 e. The van der Waals surface area contributed by atoms with Crippen LogP contribution in [-0.4, -0.2) is 64.4 Å². The number of ether oxygens (including phenoxy) is 3. The van der Waals surface area contributed by atoms with Gasteiger partial charge >= 0.3 is 0 Å². The van der Waals surface area contributed by atoms with Crippen molar-refractivity contribution in [1.29, 1.82) is 0 Å². The minimum Gasteiger partial charge on any atom is -0.497 e. The Kier molecular flexibility index (Phi) is 10.1.